The zero-order valence-corrected chi connectivity index (χ0v) is 18.1. The molecular weight excluding hydrogens is 430 g/mol. The third-order valence-electron chi connectivity index (χ3n) is 5.06. The molecule has 0 aromatic rings. The Morgan fingerprint density at radius 1 is 1.16 bits per heavy atom. The highest BCUT2D eigenvalue weighted by molar-refractivity contribution is 7.85. The predicted octanol–water partition coefficient (Wildman–Crippen LogP) is -1.04. The lowest BCUT2D eigenvalue weighted by molar-refractivity contribution is -0.149. The van der Waals surface area contributed by atoms with Gasteiger partial charge in [0.2, 0.25) is 11.8 Å². The van der Waals surface area contributed by atoms with E-state index in [0.717, 1.165) is 11.2 Å². The molecule has 0 saturated carbocycles. The van der Waals surface area contributed by atoms with E-state index in [0.29, 0.717) is 18.7 Å². The zero-order chi connectivity index (χ0) is 22.8. The molecule has 0 aromatic carbocycles. The Morgan fingerprint density at radius 2 is 1.90 bits per heavy atom. The van der Waals surface area contributed by atoms with Gasteiger partial charge in [-0.1, -0.05) is 13.0 Å². The highest BCUT2D eigenvalue weighted by Crippen LogP contribution is 2.36. The molecule has 0 bridgehead atoms. The first-order chi connectivity index (χ1) is 14.6. The number of nitrogens with zero attached hydrogens (tertiary/aromatic N) is 1. The van der Waals surface area contributed by atoms with Crippen molar-refractivity contribution in [2.45, 2.75) is 32.2 Å². The van der Waals surface area contributed by atoms with Gasteiger partial charge in [0.25, 0.3) is 21.9 Å². The minimum absolute atomic E-state index is 0.00351. The van der Waals surface area contributed by atoms with Gasteiger partial charge >= 0.3 is 0 Å². The van der Waals surface area contributed by atoms with E-state index in [-0.39, 0.29) is 49.7 Å². The molecule has 31 heavy (non-hydrogen) atoms. The second-order valence-corrected chi connectivity index (χ2v) is 9.27. The number of hydrogen-bond donors (Lipinski definition) is 2. The van der Waals surface area contributed by atoms with Crippen LogP contribution in [0.2, 0.25) is 0 Å². The van der Waals surface area contributed by atoms with Gasteiger partial charge in [-0.05, 0) is 18.8 Å². The van der Waals surface area contributed by atoms with Crippen molar-refractivity contribution in [2.24, 2.45) is 5.92 Å². The summed E-state index contributed by atoms with van der Waals surface area (Å²) in [6.07, 6.45) is 3.36. The van der Waals surface area contributed by atoms with Crippen molar-refractivity contribution in [3.05, 3.63) is 22.9 Å². The highest BCUT2D eigenvalue weighted by Gasteiger charge is 2.48. The Bertz CT molecular complexity index is 969. The summed E-state index contributed by atoms with van der Waals surface area (Å²) < 4.78 is 31.7. The first-order valence-corrected chi connectivity index (χ1v) is 11.7. The van der Waals surface area contributed by atoms with Crippen LogP contribution in [0.15, 0.2) is 22.9 Å². The topological polar surface area (TPSA) is 148 Å². The average molecular weight is 455 g/mol. The second kappa shape index (κ2) is 9.28. The first-order valence-electron chi connectivity index (χ1n) is 9.91. The summed E-state index contributed by atoms with van der Waals surface area (Å²) in [5.74, 6) is -2.15. The van der Waals surface area contributed by atoms with Crippen LogP contribution in [0.3, 0.4) is 0 Å². The molecular formula is C19H25N3O8S. The van der Waals surface area contributed by atoms with Gasteiger partial charge in [0.05, 0.1) is 37.2 Å². The van der Waals surface area contributed by atoms with Crippen molar-refractivity contribution in [2.75, 3.05) is 32.6 Å². The fourth-order valence-electron chi connectivity index (χ4n) is 3.77. The van der Waals surface area contributed by atoms with Crippen LogP contribution >= 0.6 is 0 Å². The summed E-state index contributed by atoms with van der Waals surface area (Å²) in [4.78, 5) is 50.5. The van der Waals surface area contributed by atoms with Crippen molar-refractivity contribution in [3.8, 4) is 0 Å². The summed E-state index contributed by atoms with van der Waals surface area (Å²) in [5, 5.41) is 5.30. The molecule has 11 nitrogen and oxygen atoms in total. The van der Waals surface area contributed by atoms with Gasteiger partial charge in [0.1, 0.15) is 6.04 Å². The quantitative estimate of drug-likeness (QED) is 0.253. The van der Waals surface area contributed by atoms with Crippen LogP contribution in [-0.2, 0) is 38.2 Å². The van der Waals surface area contributed by atoms with Crippen molar-refractivity contribution in [1.29, 1.82) is 0 Å². The molecule has 12 heteroatoms. The van der Waals surface area contributed by atoms with Crippen LogP contribution < -0.4 is 10.6 Å². The van der Waals surface area contributed by atoms with Crippen LogP contribution in [0, 0.1) is 5.92 Å². The zero-order valence-electron chi connectivity index (χ0n) is 17.3. The van der Waals surface area contributed by atoms with Crippen molar-refractivity contribution < 1.29 is 36.5 Å². The third-order valence-corrected chi connectivity index (χ3v) is 5.66. The lowest BCUT2D eigenvalue weighted by atomic mass is 9.90. The molecule has 2 unspecified atom stereocenters. The van der Waals surface area contributed by atoms with Gasteiger partial charge < -0.3 is 10.1 Å². The Kier molecular flexibility index (Phi) is 6.92. The fourth-order valence-corrected chi connectivity index (χ4v) is 4.14. The Balaban J connectivity index is 1.65. The van der Waals surface area contributed by atoms with E-state index in [1.807, 2.05) is 6.92 Å². The number of nitrogens with one attached hydrogen (secondary N) is 2. The fraction of sp³-hybridized carbons (Fsp3) is 0.579. The van der Waals surface area contributed by atoms with Crippen LogP contribution in [-0.4, -0.2) is 75.6 Å². The number of carbonyl (C=O) groups excluding carboxylic acids is 4. The molecule has 2 fully saturated rings. The number of rotatable bonds is 9. The van der Waals surface area contributed by atoms with E-state index in [2.05, 4.69) is 14.8 Å². The minimum Gasteiger partial charge on any atom is -0.385 e. The standard InChI is InChI=1S/C19H25N3O8S/c1-11-9-12-16(13(10-11)20-5-6-29-7-8-30-31(2,27)28)19(26)22(18(12)25)14-3-4-15(23)21-17(14)24/h9,11,14,20H,3-8,10H2,1-2H3,(H,21,23,24). The smallest absolute Gasteiger partial charge is 0.264 e. The molecule has 0 aromatic heterocycles. The number of imide groups is 2. The Morgan fingerprint density at radius 3 is 2.58 bits per heavy atom. The second-order valence-electron chi connectivity index (χ2n) is 7.63. The molecule has 1 aliphatic carbocycles. The molecule has 2 atom stereocenters. The number of ether oxygens (including phenoxy) is 1. The molecule has 170 valence electrons. The lowest BCUT2D eigenvalue weighted by Gasteiger charge is -2.27. The number of amides is 4. The number of fused-ring (bicyclic) bond motifs is 1. The number of piperidine rings is 1. The number of allylic oxidation sites excluding steroid dienone is 2. The molecule has 2 N–H and O–H groups in total. The molecule has 3 aliphatic rings. The molecule has 0 radical (unpaired) electrons. The Labute approximate surface area is 179 Å². The minimum atomic E-state index is -3.51. The van der Waals surface area contributed by atoms with E-state index in [9.17, 15) is 27.6 Å². The molecule has 0 spiro atoms. The number of likely N-dealkylation sites (tertiary alicyclic amines) is 1. The largest absolute Gasteiger partial charge is 0.385 e. The summed E-state index contributed by atoms with van der Waals surface area (Å²) in [6.45, 7) is 2.47. The lowest BCUT2D eigenvalue weighted by Crippen LogP contribution is -2.54. The summed E-state index contributed by atoms with van der Waals surface area (Å²) >= 11 is 0. The van der Waals surface area contributed by atoms with Crippen LogP contribution in [0.5, 0.6) is 0 Å². The molecule has 2 heterocycles. The van der Waals surface area contributed by atoms with Crippen molar-refractivity contribution in [3.63, 3.8) is 0 Å². The molecule has 2 saturated heterocycles. The van der Waals surface area contributed by atoms with Crippen molar-refractivity contribution in [1.82, 2.24) is 15.5 Å². The SMILES string of the molecule is CC1C=C2C(=O)N(C3CCC(=O)NC3=O)C(=O)C2=C(NCCOCCOS(C)(=O)=O)C1. The van der Waals surface area contributed by atoms with Gasteiger partial charge in [-0.3, -0.25) is 33.6 Å². The van der Waals surface area contributed by atoms with E-state index in [1.165, 1.54) is 0 Å². The Hall–Kier alpha value is -2.57. The van der Waals surface area contributed by atoms with Crippen molar-refractivity contribution >= 4 is 33.7 Å². The van der Waals surface area contributed by atoms with E-state index in [1.54, 1.807) is 6.08 Å². The van der Waals surface area contributed by atoms with Crippen LogP contribution in [0.4, 0.5) is 0 Å². The van der Waals surface area contributed by atoms with E-state index >= 15 is 0 Å². The average Bonchev–Trinajstić information content (AvgIpc) is 2.91. The maximum absolute atomic E-state index is 13.1. The maximum Gasteiger partial charge on any atom is 0.264 e. The third kappa shape index (κ3) is 5.38. The maximum atomic E-state index is 13.1. The van der Waals surface area contributed by atoms with Gasteiger partial charge in [0.15, 0.2) is 0 Å². The normalized spacial score (nSPS) is 24.3. The molecule has 4 amide bonds. The van der Waals surface area contributed by atoms with Crippen LogP contribution in [0.25, 0.3) is 0 Å². The predicted molar refractivity (Wildman–Crippen MR) is 107 cm³/mol. The first kappa shape index (κ1) is 23.1. The summed E-state index contributed by atoms with van der Waals surface area (Å²) in [6, 6.07) is -1.01. The summed E-state index contributed by atoms with van der Waals surface area (Å²) in [5.41, 5.74) is 1.10. The number of carbonyl (C=O) groups is 4. The van der Waals surface area contributed by atoms with Gasteiger partial charge in [-0.25, -0.2) is 0 Å². The van der Waals surface area contributed by atoms with Crippen LogP contribution in [0.1, 0.15) is 26.2 Å². The van der Waals surface area contributed by atoms with Gasteiger partial charge in [-0.2, -0.15) is 8.42 Å². The highest BCUT2D eigenvalue weighted by atomic mass is 32.2. The van der Waals surface area contributed by atoms with Gasteiger partial charge in [-0.15, -0.1) is 0 Å². The van der Waals surface area contributed by atoms with E-state index in [4.69, 9.17) is 4.74 Å². The van der Waals surface area contributed by atoms with E-state index < -0.39 is 39.8 Å². The molecule has 2 aliphatic heterocycles. The molecule has 3 rings (SSSR count). The van der Waals surface area contributed by atoms with Gasteiger partial charge in [0, 0.05) is 18.7 Å². The number of hydrogen-bond acceptors (Lipinski definition) is 9. The monoisotopic (exact) mass is 455 g/mol. The summed E-state index contributed by atoms with van der Waals surface area (Å²) in [7, 11) is -3.51.